The lowest BCUT2D eigenvalue weighted by Crippen LogP contribution is -2.06. The van der Waals surface area contributed by atoms with Crippen LogP contribution in [0.1, 0.15) is 17.8 Å². The predicted molar refractivity (Wildman–Crippen MR) is 77.9 cm³/mol. The molecule has 0 spiro atoms. The molecule has 0 aliphatic carbocycles. The first-order valence-electron chi connectivity index (χ1n) is 6.41. The molecule has 0 saturated heterocycles. The van der Waals surface area contributed by atoms with Crippen LogP contribution in [0.5, 0.6) is 0 Å². The van der Waals surface area contributed by atoms with Crippen LogP contribution in [0.25, 0.3) is 0 Å². The second kappa shape index (κ2) is 7.04. The van der Waals surface area contributed by atoms with Crippen molar-refractivity contribution in [1.29, 1.82) is 0 Å². The Hall–Kier alpha value is -1.89. The third-order valence-corrected chi connectivity index (χ3v) is 3.64. The molecular formula is C13H18N4O2S. The SMILES string of the molecule is COC(=O)CCc1csc(NCCc2ccn(C)n2)n1. The van der Waals surface area contributed by atoms with Gasteiger partial charge in [0.1, 0.15) is 0 Å². The molecule has 6 nitrogen and oxygen atoms in total. The van der Waals surface area contributed by atoms with Crippen LogP contribution in [-0.4, -0.2) is 34.4 Å². The second-order valence-corrected chi connectivity index (χ2v) is 5.24. The molecule has 2 aromatic heterocycles. The summed E-state index contributed by atoms with van der Waals surface area (Å²) in [6, 6.07) is 2.01. The lowest BCUT2D eigenvalue weighted by atomic mass is 10.2. The third kappa shape index (κ3) is 4.34. The van der Waals surface area contributed by atoms with Crippen molar-refractivity contribution in [3.05, 3.63) is 29.0 Å². The van der Waals surface area contributed by atoms with Crippen LogP contribution in [0.15, 0.2) is 17.6 Å². The molecule has 7 heteroatoms. The van der Waals surface area contributed by atoms with Gasteiger partial charge in [0.15, 0.2) is 5.13 Å². The number of anilines is 1. The summed E-state index contributed by atoms with van der Waals surface area (Å²) in [5.74, 6) is -0.206. The highest BCUT2D eigenvalue weighted by atomic mass is 32.1. The van der Waals surface area contributed by atoms with E-state index in [0.717, 1.165) is 29.5 Å². The molecule has 1 N–H and O–H groups in total. The Balaban J connectivity index is 1.73. The van der Waals surface area contributed by atoms with E-state index in [1.807, 2.05) is 24.7 Å². The van der Waals surface area contributed by atoms with Gasteiger partial charge in [-0.05, 0) is 6.07 Å². The van der Waals surface area contributed by atoms with Crippen LogP contribution in [-0.2, 0) is 29.4 Å². The fourth-order valence-corrected chi connectivity index (χ4v) is 2.50. The number of ether oxygens (including phenoxy) is 1. The van der Waals surface area contributed by atoms with Gasteiger partial charge in [0.2, 0.25) is 0 Å². The van der Waals surface area contributed by atoms with Crippen LogP contribution >= 0.6 is 11.3 Å². The van der Waals surface area contributed by atoms with E-state index in [1.165, 1.54) is 7.11 Å². The van der Waals surface area contributed by atoms with E-state index in [0.29, 0.717) is 12.8 Å². The monoisotopic (exact) mass is 294 g/mol. The Bertz CT molecular complexity index is 564. The number of thiazole rings is 1. The maximum absolute atomic E-state index is 11.1. The molecule has 2 heterocycles. The van der Waals surface area contributed by atoms with Crippen molar-refractivity contribution in [2.75, 3.05) is 19.0 Å². The fraction of sp³-hybridized carbons (Fsp3) is 0.462. The zero-order chi connectivity index (χ0) is 14.4. The minimum Gasteiger partial charge on any atom is -0.469 e. The average molecular weight is 294 g/mol. The Morgan fingerprint density at radius 1 is 1.45 bits per heavy atom. The van der Waals surface area contributed by atoms with E-state index in [9.17, 15) is 4.79 Å². The summed E-state index contributed by atoms with van der Waals surface area (Å²) in [6.07, 6.45) is 3.78. The highest BCUT2D eigenvalue weighted by Gasteiger charge is 2.06. The number of carbonyl (C=O) groups excluding carboxylic acids is 1. The number of nitrogens with one attached hydrogen (secondary N) is 1. The number of aryl methyl sites for hydroxylation is 2. The van der Waals surface area contributed by atoms with Crippen molar-refractivity contribution in [1.82, 2.24) is 14.8 Å². The zero-order valence-corrected chi connectivity index (χ0v) is 12.4. The number of carbonyl (C=O) groups is 1. The second-order valence-electron chi connectivity index (χ2n) is 4.38. The van der Waals surface area contributed by atoms with Gasteiger partial charge in [-0.15, -0.1) is 11.3 Å². The van der Waals surface area contributed by atoms with Crippen LogP contribution in [0.2, 0.25) is 0 Å². The molecule has 0 fully saturated rings. The molecule has 0 amide bonds. The number of aromatic nitrogens is 3. The standard InChI is InChI=1S/C13H18N4O2S/c1-17-8-6-10(16-17)5-7-14-13-15-11(9-20-13)3-4-12(18)19-2/h6,8-9H,3-5,7H2,1-2H3,(H,14,15). The number of hydrogen-bond donors (Lipinski definition) is 1. The minimum atomic E-state index is -0.206. The van der Waals surface area contributed by atoms with Gasteiger partial charge < -0.3 is 10.1 Å². The van der Waals surface area contributed by atoms with Gasteiger partial charge in [0, 0.05) is 38.0 Å². The van der Waals surface area contributed by atoms with Crippen molar-refractivity contribution < 1.29 is 9.53 Å². The van der Waals surface area contributed by atoms with Gasteiger partial charge in [-0.25, -0.2) is 4.98 Å². The molecular weight excluding hydrogens is 276 g/mol. The maximum atomic E-state index is 11.1. The molecule has 0 aliphatic rings. The van der Waals surface area contributed by atoms with E-state index in [4.69, 9.17) is 0 Å². The molecule has 0 saturated carbocycles. The zero-order valence-electron chi connectivity index (χ0n) is 11.6. The molecule has 0 bridgehead atoms. The Labute approximate surface area is 121 Å². The highest BCUT2D eigenvalue weighted by Crippen LogP contribution is 2.16. The number of hydrogen-bond acceptors (Lipinski definition) is 6. The lowest BCUT2D eigenvalue weighted by Gasteiger charge is -2.00. The first-order valence-corrected chi connectivity index (χ1v) is 7.29. The molecule has 2 aromatic rings. The van der Waals surface area contributed by atoms with E-state index in [2.05, 4.69) is 20.1 Å². The van der Waals surface area contributed by atoms with Crippen molar-refractivity contribution >= 4 is 22.4 Å². The Morgan fingerprint density at radius 3 is 3.00 bits per heavy atom. The number of nitrogens with zero attached hydrogens (tertiary/aromatic N) is 3. The largest absolute Gasteiger partial charge is 0.469 e. The van der Waals surface area contributed by atoms with Crippen molar-refractivity contribution in [3.63, 3.8) is 0 Å². The number of methoxy groups -OCH3 is 1. The first-order chi connectivity index (χ1) is 9.67. The molecule has 0 unspecified atom stereocenters. The maximum Gasteiger partial charge on any atom is 0.305 e. The van der Waals surface area contributed by atoms with E-state index >= 15 is 0 Å². The molecule has 2 rings (SSSR count). The van der Waals surface area contributed by atoms with Crippen LogP contribution in [0.3, 0.4) is 0 Å². The normalized spacial score (nSPS) is 10.5. The topological polar surface area (TPSA) is 69.0 Å². The fourth-order valence-electron chi connectivity index (χ4n) is 1.73. The Morgan fingerprint density at radius 2 is 2.30 bits per heavy atom. The van der Waals surface area contributed by atoms with Crippen molar-refractivity contribution in [3.8, 4) is 0 Å². The molecule has 20 heavy (non-hydrogen) atoms. The lowest BCUT2D eigenvalue weighted by molar-refractivity contribution is -0.140. The van der Waals surface area contributed by atoms with Crippen molar-refractivity contribution in [2.24, 2.45) is 7.05 Å². The van der Waals surface area contributed by atoms with Gasteiger partial charge in [-0.2, -0.15) is 5.10 Å². The summed E-state index contributed by atoms with van der Waals surface area (Å²) in [5.41, 5.74) is 1.98. The van der Waals surface area contributed by atoms with E-state index < -0.39 is 0 Å². The highest BCUT2D eigenvalue weighted by molar-refractivity contribution is 7.13. The molecule has 0 aliphatic heterocycles. The predicted octanol–water partition coefficient (Wildman–Crippen LogP) is 1.64. The van der Waals surface area contributed by atoms with Gasteiger partial charge in [-0.3, -0.25) is 9.48 Å². The third-order valence-electron chi connectivity index (χ3n) is 2.79. The Kier molecular flexibility index (Phi) is 5.11. The quantitative estimate of drug-likeness (QED) is 0.786. The van der Waals surface area contributed by atoms with Gasteiger partial charge in [-0.1, -0.05) is 0 Å². The summed E-state index contributed by atoms with van der Waals surface area (Å²) >= 11 is 1.55. The average Bonchev–Trinajstić information content (AvgIpc) is 3.05. The van der Waals surface area contributed by atoms with Crippen LogP contribution < -0.4 is 5.32 Å². The van der Waals surface area contributed by atoms with E-state index in [-0.39, 0.29) is 5.97 Å². The number of esters is 1. The van der Waals surface area contributed by atoms with Crippen molar-refractivity contribution in [2.45, 2.75) is 19.3 Å². The summed E-state index contributed by atoms with van der Waals surface area (Å²) in [4.78, 5) is 15.5. The van der Waals surface area contributed by atoms with E-state index in [1.54, 1.807) is 16.0 Å². The van der Waals surface area contributed by atoms with Crippen LogP contribution in [0.4, 0.5) is 5.13 Å². The van der Waals surface area contributed by atoms with Gasteiger partial charge in [0.25, 0.3) is 0 Å². The smallest absolute Gasteiger partial charge is 0.305 e. The molecule has 0 aromatic carbocycles. The summed E-state index contributed by atoms with van der Waals surface area (Å²) in [6.45, 7) is 0.793. The number of rotatable bonds is 7. The molecule has 0 radical (unpaired) electrons. The minimum absolute atomic E-state index is 0.206. The van der Waals surface area contributed by atoms with Gasteiger partial charge in [0.05, 0.1) is 24.9 Å². The first kappa shape index (κ1) is 14.5. The molecule has 108 valence electrons. The summed E-state index contributed by atoms with van der Waals surface area (Å²) in [7, 11) is 3.30. The summed E-state index contributed by atoms with van der Waals surface area (Å²) in [5, 5.41) is 10.4. The van der Waals surface area contributed by atoms with Gasteiger partial charge >= 0.3 is 5.97 Å². The summed E-state index contributed by atoms with van der Waals surface area (Å²) < 4.78 is 6.40. The van der Waals surface area contributed by atoms with Crippen LogP contribution in [0, 0.1) is 0 Å². The molecule has 0 atom stereocenters.